The van der Waals surface area contributed by atoms with Gasteiger partial charge in [-0.2, -0.15) is 0 Å². The molecule has 1 amide bonds. The molecule has 1 aromatic heterocycles. The average Bonchev–Trinajstić information content (AvgIpc) is 2.85. The summed E-state index contributed by atoms with van der Waals surface area (Å²) in [5, 5.41) is 10.7. The predicted octanol–water partition coefficient (Wildman–Crippen LogP) is 2.51. The van der Waals surface area contributed by atoms with Crippen LogP contribution in [0.4, 0.5) is 5.69 Å². The molecule has 0 fully saturated rings. The van der Waals surface area contributed by atoms with Crippen LogP contribution in [0.15, 0.2) is 33.9 Å². The normalized spacial score (nSPS) is 10.3. The van der Waals surface area contributed by atoms with E-state index in [-0.39, 0.29) is 11.7 Å². The van der Waals surface area contributed by atoms with Gasteiger partial charge in [-0.05, 0) is 19.1 Å². The van der Waals surface area contributed by atoms with Gasteiger partial charge >= 0.3 is 0 Å². The van der Waals surface area contributed by atoms with E-state index in [0.717, 1.165) is 0 Å². The highest BCUT2D eigenvalue weighted by atomic mass is 32.2. The van der Waals surface area contributed by atoms with Crippen molar-refractivity contribution >= 4 is 23.4 Å². The van der Waals surface area contributed by atoms with E-state index in [1.54, 1.807) is 13.0 Å². The van der Waals surface area contributed by atoms with E-state index in [1.807, 2.05) is 25.1 Å². The topological polar surface area (TPSA) is 77.2 Å². The Labute approximate surface area is 120 Å². The maximum absolute atomic E-state index is 11.9. The second-order valence-electron chi connectivity index (χ2n) is 3.85. The van der Waals surface area contributed by atoms with Crippen molar-refractivity contribution in [2.24, 2.45) is 0 Å². The first-order valence-corrected chi connectivity index (χ1v) is 7.12. The van der Waals surface area contributed by atoms with Crippen molar-refractivity contribution in [1.82, 2.24) is 10.2 Å². The zero-order chi connectivity index (χ0) is 14.4. The fourth-order valence-corrected chi connectivity index (χ4v) is 2.11. The molecule has 2 aromatic rings. The summed E-state index contributed by atoms with van der Waals surface area (Å²) >= 11 is 1.19. The number of nitrogens with zero attached hydrogens (tertiary/aromatic N) is 2. The monoisotopic (exact) mass is 293 g/mol. The van der Waals surface area contributed by atoms with E-state index in [4.69, 9.17) is 9.15 Å². The molecular weight excluding hydrogens is 278 g/mol. The van der Waals surface area contributed by atoms with Crippen LogP contribution in [0.25, 0.3) is 0 Å². The van der Waals surface area contributed by atoms with Crippen LogP contribution in [0, 0.1) is 6.92 Å². The molecule has 0 aliphatic rings. The molecule has 0 saturated heterocycles. The number of carbonyl (C=O) groups excluding carboxylic acids is 1. The largest absolute Gasteiger partial charge is 0.492 e. The SMILES string of the molecule is CCOc1ccccc1NC(=O)CSc1nnc(C)o1. The molecule has 0 aliphatic carbocycles. The molecule has 0 aliphatic heterocycles. The third-order valence-corrected chi connectivity index (χ3v) is 3.11. The number of amides is 1. The lowest BCUT2D eigenvalue weighted by Gasteiger charge is -2.10. The van der Waals surface area contributed by atoms with E-state index >= 15 is 0 Å². The number of thioether (sulfide) groups is 1. The van der Waals surface area contributed by atoms with Crippen molar-refractivity contribution in [1.29, 1.82) is 0 Å². The molecule has 0 radical (unpaired) electrons. The Morgan fingerprint density at radius 3 is 2.90 bits per heavy atom. The lowest BCUT2D eigenvalue weighted by atomic mass is 10.3. The van der Waals surface area contributed by atoms with Gasteiger partial charge in [0.25, 0.3) is 5.22 Å². The van der Waals surface area contributed by atoms with Crippen molar-refractivity contribution in [2.45, 2.75) is 19.1 Å². The van der Waals surface area contributed by atoms with Crippen LogP contribution < -0.4 is 10.1 Å². The number of hydrogen-bond donors (Lipinski definition) is 1. The number of hydrogen-bond acceptors (Lipinski definition) is 6. The highest BCUT2D eigenvalue weighted by Crippen LogP contribution is 2.24. The van der Waals surface area contributed by atoms with Crippen molar-refractivity contribution in [3.63, 3.8) is 0 Å². The third-order valence-electron chi connectivity index (χ3n) is 2.30. The molecule has 6 nitrogen and oxygen atoms in total. The molecule has 0 bridgehead atoms. The van der Waals surface area contributed by atoms with Gasteiger partial charge in [-0.15, -0.1) is 10.2 Å². The summed E-state index contributed by atoms with van der Waals surface area (Å²) in [6, 6.07) is 7.31. The molecule has 0 saturated carbocycles. The number of aryl methyl sites for hydroxylation is 1. The van der Waals surface area contributed by atoms with E-state index in [1.165, 1.54) is 11.8 Å². The maximum Gasteiger partial charge on any atom is 0.277 e. The highest BCUT2D eigenvalue weighted by Gasteiger charge is 2.10. The standard InChI is InChI=1S/C13H15N3O3S/c1-3-18-11-7-5-4-6-10(11)14-12(17)8-20-13-16-15-9(2)19-13/h4-7H,3,8H2,1-2H3,(H,14,17). The number of nitrogens with one attached hydrogen (secondary N) is 1. The summed E-state index contributed by atoms with van der Waals surface area (Å²) in [5.41, 5.74) is 0.654. The van der Waals surface area contributed by atoms with Gasteiger partial charge < -0.3 is 14.5 Å². The summed E-state index contributed by atoms with van der Waals surface area (Å²) in [4.78, 5) is 11.9. The molecule has 1 N–H and O–H groups in total. The van der Waals surface area contributed by atoms with Crippen molar-refractivity contribution in [3.8, 4) is 5.75 Å². The van der Waals surface area contributed by atoms with Gasteiger partial charge in [-0.3, -0.25) is 4.79 Å². The minimum atomic E-state index is -0.155. The molecule has 2 rings (SSSR count). The van der Waals surface area contributed by atoms with Gasteiger partial charge in [0.15, 0.2) is 0 Å². The van der Waals surface area contributed by atoms with Crippen LogP contribution in [-0.2, 0) is 4.79 Å². The van der Waals surface area contributed by atoms with Gasteiger partial charge in [0, 0.05) is 6.92 Å². The Morgan fingerprint density at radius 1 is 1.40 bits per heavy atom. The lowest BCUT2D eigenvalue weighted by Crippen LogP contribution is -2.14. The smallest absolute Gasteiger partial charge is 0.277 e. The Bertz CT molecular complexity index is 586. The molecule has 1 aromatic carbocycles. The summed E-state index contributed by atoms with van der Waals surface area (Å²) in [6.07, 6.45) is 0. The highest BCUT2D eigenvalue weighted by molar-refractivity contribution is 7.99. The molecule has 1 heterocycles. The maximum atomic E-state index is 11.9. The molecule has 0 unspecified atom stereocenters. The van der Waals surface area contributed by atoms with Crippen molar-refractivity contribution in [2.75, 3.05) is 17.7 Å². The number of ether oxygens (including phenoxy) is 1. The molecular formula is C13H15N3O3S. The zero-order valence-corrected chi connectivity index (χ0v) is 12.1. The fraction of sp³-hybridized carbons (Fsp3) is 0.308. The van der Waals surface area contributed by atoms with E-state index in [2.05, 4.69) is 15.5 Å². The molecule has 0 atom stereocenters. The quantitative estimate of drug-likeness (QED) is 0.825. The Balaban J connectivity index is 1.91. The molecule has 7 heteroatoms. The first-order chi connectivity index (χ1) is 9.69. The number of para-hydroxylation sites is 2. The fourth-order valence-electron chi connectivity index (χ4n) is 1.50. The van der Waals surface area contributed by atoms with Gasteiger partial charge in [0.1, 0.15) is 5.75 Å². The summed E-state index contributed by atoms with van der Waals surface area (Å²) < 4.78 is 10.6. The van der Waals surface area contributed by atoms with Crippen LogP contribution in [0.3, 0.4) is 0 Å². The van der Waals surface area contributed by atoms with E-state index in [9.17, 15) is 4.79 Å². The second-order valence-corrected chi connectivity index (χ2v) is 4.78. The first kappa shape index (κ1) is 14.4. The molecule has 20 heavy (non-hydrogen) atoms. The molecule has 0 spiro atoms. The van der Waals surface area contributed by atoms with E-state index in [0.29, 0.717) is 29.2 Å². The molecule has 106 valence electrons. The predicted molar refractivity (Wildman–Crippen MR) is 76.0 cm³/mol. The third kappa shape index (κ3) is 3.99. The van der Waals surface area contributed by atoms with Gasteiger partial charge in [-0.25, -0.2) is 0 Å². The number of aromatic nitrogens is 2. The van der Waals surface area contributed by atoms with Crippen molar-refractivity contribution < 1.29 is 13.9 Å². The number of anilines is 1. The van der Waals surface area contributed by atoms with Crippen LogP contribution in [0.1, 0.15) is 12.8 Å². The summed E-state index contributed by atoms with van der Waals surface area (Å²) in [5.74, 6) is 1.18. The van der Waals surface area contributed by atoms with Crippen LogP contribution in [-0.4, -0.2) is 28.5 Å². The number of carbonyl (C=O) groups is 1. The van der Waals surface area contributed by atoms with Crippen LogP contribution in [0.5, 0.6) is 5.75 Å². The minimum absolute atomic E-state index is 0.155. The van der Waals surface area contributed by atoms with Gasteiger partial charge in [0.05, 0.1) is 18.0 Å². The second kappa shape index (κ2) is 6.95. The number of rotatable bonds is 6. The first-order valence-electron chi connectivity index (χ1n) is 6.13. The zero-order valence-electron chi connectivity index (χ0n) is 11.3. The minimum Gasteiger partial charge on any atom is -0.492 e. The van der Waals surface area contributed by atoms with E-state index < -0.39 is 0 Å². The van der Waals surface area contributed by atoms with Gasteiger partial charge in [-0.1, -0.05) is 23.9 Å². The number of benzene rings is 1. The Morgan fingerprint density at radius 2 is 2.20 bits per heavy atom. The summed E-state index contributed by atoms with van der Waals surface area (Å²) in [7, 11) is 0. The van der Waals surface area contributed by atoms with Crippen molar-refractivity contribution in [3.05, 3.63) is 30.2 Å². The Hall–Kier alpha value is -2.02. The lowest BCUT2D eigenvalue weighted by molar-refractivity contribution is -0.113. The Kier molecular flexibility index (Phi) is 5.00. The van der Waals surface area contributed by atoms with Crippen LogP contribution in [0.2, 0.25) is 0 Å². The average molecular weight is 293 g/mol. The van der Waals surface area contributed by atoms with Crippen LogP contribution >= 0.6 is 11.8 Å². The summed E-state index contributed by atoms with van der Waals surface area (Å²) in [6.45, 7) is 4.14. The van der Waals surface area contributed by atoms with Gasteiger partial charge in [0.2, 0.25) is 11.8 Å².